The van der Waals surface area contributed by atoms with Gasteiger partial charge in [0, 0.05) is 23.5 Å². The van der Waals surface area contributed by atoms with Crippen molar-refractivity contribution in [1.82, 2.24) is 9.55 Å². The van der Waals surface area contributed by atoms with E-state index in [1.165, 1.54) is 4.88 Å². The average Bonchev–Trinajstić information content (AvgIpc) is 2.76. The lowest BCUT2D eigenvalue weighted by molar-refractivity contribution is 0.282. The van der Waals surface area contributed by atoms with Crippen LogP contribution in [0.25, 0.3) is 0 Å². The summed E-state index contributed by atoms with van der Waals surface area (Å²) in [7, 11) is 0. The summed E-state index contributed by atoms with van der Waals surface area (Å²) in [6.45, 7) is 2.95. The molecule has 2 heterocycles. The highest BCUT2D eigenvalue weighted by Gasteiger charge is 2.00. The largest absolute Gasteiger partial charge is 0.392 e. The average molecular weight is 208 g/mol. The zero-order chi connectivity index (χ0) is 9.97. The van der Waals surface area contributed by atoms with Crippen molar-refractivity contribution in [2.24, 2.45) is 0 Å². The van der Waals surface area contributed by atoms with Crippen molar-refractivity contribution in [3.8, 4) is 0 Å². The van der Waals surface area contributed by atoms with Gasteiger partial charge in [-0.3, -0.25) is 0 Å². The normalized spacial score (nSPS) is 10.7. The quantitative estimate of drug-likeness (QED) is 0.835. The minimum Gasteiger partial charge on any atom is -0.392 e. The van der Waals surface area contributed by atoms with Crippen LogP contribution in [0.4, 0.5) is 0 Å². The van der Waals surface area contributed by atoms with E-state index in [0.29, 0.717) is 0 Å². The number of aromatic nitrogens is 2. The topological polar surface area (TPSA) is 38.0 Å². The highest BCUT2D eigenvalue weighted by molar-refractivity contribution is 7.11. The second-order valence-corrected chi connectivity index (χ2v) is 4.52. The molecule has 74 valence electrons. The maximum Gasteiger partial charge on any atom is 0.0897 e. The van der Waals surface area contributed by atoms with Crippen LogP contribution in [-0.4, -0.2) is 14.7 Å². The Morgan fingerprint density at radius 1 is 1.57 bits per heavy atom. The number of nitrogens with zero attached hydrogens (tertiary/aromatic N) is 2. The fraction of sp³-hybridized carbons (Fsp3) is 0.300. The van der Waals surface area contributed by atoms with Gasteiger partial charge in [-0.05, 0) is 18.6 Å². The molecule has 0 aliphatic rings. The van der Waals surface area contributed by atoms with Gasteiger partial charge >= 0.3 is 0 Å². The molecule has 0 bridgehead atoms. The third kappa shape index (κ3) is 2.02. The summed E-state index contributed by atoms with van der Waals surface area (Å²) in [6.07, 6.45) is 5.83. The van der Waals surface area contributed by atoms with Crippen molar-refractivity contribution >= 4 is 11.3 Å². The van der Waals surface area contributed by atoms with Gasteiger partial charge < -0.3 is 9.67 Å². The summed E-state index contributed by atoms with van der Waals surface area (Å²) in [4.78, 5) is 5.43. The van der Waals surface area contributed by atoms with Crippen LogP contribution >= 0.6 is 11.3 Å². The Morgan fingerprint density at radius 3 is 3.00 bits per heavy atom. The van der Waals surface area contributed by atoms with Gasteiger partial charge in [-0.15, -0.1) is 11.3 Å². The van der Waals surface area contributed by atoms with Crippen molar-refractivity contribution in [2.75, 3.05) is 0 Å². The summed E-state index contributed by atoms with van der Waals surface area (Å²) >= 11 is 1.70. The van der Waals surface area contributed by atoms with E-state index in [9.17, 15) is 0 Å². The van der Waals surface area contributed by atoms with Gasteiger partial charge in [0.15, 0.2) is 0 Å². The summed E-state index contributed by atoms with van der Waals surface area (Å²) < 4.78 is 2.05. The molecule has 3 nitrogen and oxygen atoms in total. The van der Waals surface area contributed by atoms with E-state index >= 15 is 0 Å². The van der Waals surface area contributed by atoms with Crippen molar-refractivity contribution in [2.45, 2.75) is 20.1 Å². The predicted octanol–water partition coefficient (Wildman–Crippen LogP) is 1.79. The fourth-order valence-corrected chi connectivity index (χ4v) is 2.14. The van der Waals surface area contributed by atoms with E-state index in [1.807, 2.05) is 31.6 Å². The summed E-state index contributed by atoms with van der Waals surface area (Å²) in [6, 6.07) is 1.92. The standard InChI is InChI=1S/C10H12N2OS/c1-8-11-4-10(14-8)6-12-3-2-9(5-12)7-13/h2-5,13H,6-7H2,1H3. The molecule has 0 unspecified atom stereocenters. The third-order valence-electron chi connectivity index (χ3n) is 2.00. The van der Waals surface area contributed by atoms with Crippen LogP contribution < -0.4 is 0 Å². The van der Waals surface area contributed by atoms with Crippen LogP contribution in [0.3, 0.4) is 0 Å². The Labute approximate surface area is 86.7 Å². The Kier molecular flexibility index (Phi) is 2.65. The lowest BCUT2D eigenvalue weighted by Crippen LogP contribution is -1.93. The van der Waals surface area contributed by atoms with Gasteiger partial charge in [0.05, 0.1) is 18.2 Å². The van der Waals surface area contributed by atoms with Gasteiger partial charge in [-0.1, -0.05) is 0 Å². The molecular weight excluding hydrogens is 196 g/mol. The van der Waals surface area contributed by atoms with Crippen molar-refractivity contribution < 1.29 is 5.11 Å². The summed E-state index contributed by atoms with van der Waals surface area (Å²) in [5, 5.41) is 9.99. The molecule has 0 fully saturated rings. The number of aryl methyl sites for hydroxylation is 1. The molecular formula is C10H12N2OS. The first-order valence-corrected chi connectivity index (χ1v) is 5.26. The first kappa shape index (κ1) is 9.43. The molecule has 0 saturated heterocycles. The SMILES string of the molecule is Cc1ncc(Cn2ccc(CO)c2)s1. The van der Waals surface area contributed by atoms with E-state index in [0.717, 1.165) is 17.1 Å². The minimum atomic E-state index is 0.106. The number of aliphatic hydroxyl groups is 1. The Morgan fingerprint density at radius 2 is 2.43 bits per heavy atom. The molecule has 0 radical (unpaired) electrons. The molecule has 2 rings (SSSR count). The highest BCUT2D eigenvalue weighted by atomic mass is 32.1. The molecule has 0 atom stereocenters. The van der Waals surface area contributed by atoms with Crippen LogP contribution in [0.5, 0.6) is 0 Å². The number of hydrogen-bond donors (Lipinski definition) is 1. The maximum atomic E-state index is 8.90. The maximum absolute atomic E-state index is 8.90. The monoisotopic (exact) mass is 208 g/mol. The van der Waals surface area contributed by atoms with Crippen molar-refractivity contribution in [3.63, 3.8) is 0 Å². The lowest BCUT2D eigenvalue weighted by Gasteiger charge is -1.97. The van der Waals surface area contributed by atoms with Gasteiger partial charge in [-0.2, -0.15) is 0 Å². The Hall–Kier alpha value is -1.13. The Balaban J connectivity index is 2.10. The number of thiazole rings is 1. The number of hydrogen-bond acceptors (Lipinski definition) is 3. The molecule has 0 spiro atoms. The molecule has 0 aliphatic carbocycles. The lowest BCUT2D eigenvalue weighted by atomic mass is 10.4. The number of aliphatic hydroxyl groups excluding tert-OH is 1. The van der Waals surface area contributed by atoms with Crippen LogP contribution in [0, 0.1) is 6.92 Å². The van der Waals surface area contributed by atoms with Crippen molar-refractivity contribution in [3.05, 3.63) is 40.1 Å². The summed E-state index contributed by atoms with van der Waals surface area (Å²) in [5.74, 6) is 0. The highest BCUT2D eigenvalue weighted by Crippen LogP contribution is 2.13. The van der Waals surface area contributed by atoms with E-state index in [4.69, 9.17) is 5.11 Å². The van der Waals surface area contributed by atoms with Crippen LogP contribution in [-0.2, 0) is 13.2 Å². The van der Waals surface area contributed by atoms with Crippen LogP contribution in [0.2, 0.25) is 0 Å². The third-order valence-corrected chi connectivity index (χ3v) is 2.90. The molecule has 4 heteroatoms. The van der Waals surface area contributed by atoms with E-state index in [2.05, 4.69) is 9.55 Å². The molecule has 2 aromatic heterocycles. The van der Waals surface area contributed by atoms with Gasteiger partial charge in [0.2, 0.25) is 0 Å². The second kappa shape index (κ2) is 3.94. The summed E-state index contributed by atoms with van der Waals surface area (Å²) in [5.41, 5.74) is 0.950. The van der Waals surface area contributed by atoms with E-state index in [1.54, 1.807) is 11.3 Å². The van der Waals surface area contributed by atoms with E-state index in [-0.39, 0.29) is 6.61 Å². The van der Waals surface area contributed by atoms with Gasteiger partial charge in [0.1, 0.15) is 0 Å². The minimum absolute atomic E-state index is 0.106. The fourth-order valence-electron chi connectivity index (χ4n) is 1.34. The first-order chi connectivity index (χ1) is 6.78. The number of rotatable bonds is 3. The predicted molar refractivity (Wildman–Crippen MR) is 56.3 cm³/mol. The van der Waals surface area contributed by atoms with Gasteiger partial charge in [0.25, 0.3) is 0 Å². The molecule has 14 heavy (non-hydrogen) atoms. The molecule has 1 N–H and O–H groups in total. The van der Waals surface area contributed by atoms with Crippen molar-refractivity contribution in [1.29, 1.82) is 0 Å². The molecule has 0 saturated carbocycles. The second-order valence-electron chi connectivity index (χ2n) is 3.20. The van der Waals surface area contributed by atoms with Crippen LogP contribution in [0.1, 0.15) is 15.4 Å². The molecule has 0 aromatic carbocycles. The zero-order valence-electron chi connectivity index (χ0n) is 7.97. The first-order valence-electron chi connectivity index (χ1n) is 4.45. The Bertz CT molecular complexity index is 419. The molecule has 0 aliphatic heterocycles. The van der Waals surface area contributed by atoms with Crippen LogP contribution in [0.15, 0.2) is 24.7 Å². The zero-order valence-corrected chi connectivity index (χ0v) is 8.79. The van der Waals surface area contributed by atoms with E-state index < -0.39 is 0 Å². The van der Waals surface area contributed by atoms with Gasteiger partial charge in [-0.25, -0.2) is 4.98 Å². The smallest absolute Gasteiger partial charge is 0.0897 e. The molecule has 0 amide bonds. The molecule has 2 aromatic rings.